The van der Waals surface area contributed by atoms with Crippen LogP contribution in [0.15, 0.2) is 35.1 Å². The van der Waals surface area contributed by atoms with Crippen molar-refractivity contribution in [3.63, 3.8) is 0 Å². The molecule has 0 atom stereocenters. The van der Waals surface area contributed by atoms with Crippen LogP contribution in [-0.4, -0.2) is 0 Å². The highest BCUT2D eigenvalue weighted by molar-refractivity contribution is 5.45. The highest BCUT2D eigenvalue weighted by Gasteiger charge is 2.03. The van der Waals surface area contributed by atoms with Gasteiger partial charge in [-0.05, 0) is 43.6 Å². The second kappa shape index (κ2) is 3.32. The first-order valence-corrected chi connectivity index (χ1v) is 3.93. The van der Waals surface area contributed by atoms with Crippen LogP contribution in [0.2, 0.25) is 0 Å². The molecular weight excluding hydrogens is 146 g/mol. The van der Waals surface area contributed by atoms with E-state index >= 15 is 0 Å². The number of hydrogen-bond acceptors (Lipinski definition) is 1. The molecule has 0 radical (unpaired) electrons. The molecule has 1 heteroatoms. The smallest absolute Gasteiger partial charge is 0.0419 e. The Bertz CT molecular complexity index is 332. The van der Waals surface area contributed by atoms with Crippen molar-refractivity contribution in [1.29, 1.82) is 0 Å². The van der Waals surface area contributed by atoms with E-state index < -0.39 is 0 Å². The molecule has 1 nitrogen and oxygen atoms in total. The zero-order chi connectivity index (χ0) is 9.14. The van der Waals surface area contributed by atoms with Crippen LogP contribution in [0.1, 0.15) is 20.8 Å². The Morgan fingerprint density at radius 3 is 2.58 bits per heavy atom. The molecule has 1 rings (SSSR count). The molecule has 0 unspecified atom stereocenters. The minimum Gasteiger partial charge on any atom is -0.315 e. The molecule has 12 heavy (non-hydrogen) atoms. The molecule has 0 saturated heterocycles. The number of hydrogen-bond donors (Lipinski definition) is 1. The summed E-state index contributed by atoms with van der Waals surface area (Å²) < 4.78 is 0. The monoisotopic (exact) mass is 159 g/mol. The predicted octanol–water partition coefficient (Wildman–Crippen LogP) is 2.35. The Labute approximate surface area is 73.9 Å². The quantitative estimate of drug-likeness (QED) is 0.535. The molecular formula is C11H13N. The van der Waals surface area contributed by atoms with Gasteiger partial charge in [-0.3, -0.25) is 0 Å². The average molecular weight is 159 g/mol. The van der Waals surface area contributed by atoms with Gasteiger partial charge >= 0.3 is 0 Å². The van der Waals surface area contributed by atoms with Crippen LogP contribution in [0.25, 0.3) is 0 Å². The van der Waals surface area contributed by atoms with E-state index in [2.05, 4.69) is 44.6 Å². The second-order valence-corrected chi connectivity index (χ2v) is 2.95. The standard InChI is InChI=1S/C11H13N/c1-8-6-5-7-12-11(4)10(3)9(8)2/h6,12H,4H2,1-3H3/b8-6+,10-9?. The summed E-state index contributed by atoms with van der Waals surface area (Å²) in [6.45, 7) is 10.1. The number of allylic oxidation sites excluding steroid dienone is 4. The molecule has 0 aromatic carbocycles. The lowest BCUT2D eigenvalue weighted by atomic mass is 10.0. The van der Waals surface area contributed by atoms with Crippen molar-refractivity contribution in [3.05, 3.63) is 35.1 Å². The molecule has 0 fully saturated rings. The van der Waals surface area contributed by atoms with E-state index in [-0.39, 0.29) is 0 Å². The summed E-state index contributed by atoms with van der Waals surface area (Å²) >= 11 is 0. The SMILES string of the molecule is C=C1NC#C/C=C(\C)C(C)=C1C. The maximum atomic E-state index is 3.88. The maximum absolute atomic E-state index is 3.88. The van der Waals surface area contributed by atoms with Crippen LogP contribution in [0, 0.1) is 12.0 Å². The van der Waals surface area contributed by atoms with Crippen LogP contribution in [0.5, 0.6) is 0 Å². The van der Waals surface area contributed by atoms with Crippen molar-refractivity contribution in [2.24, 2.45) is 0 Å². The van der Waals surface area contributed by atoms with Crippen LogP contribution < -0.4 is 5.32 Å². The lowest BCUT2D eigenvalue weighted by molar-refractivity contribution is 1.08. The molecule has 1 aliphatic rings. The van der Waals surface area contributed by atoms with Gasteiger partial charge in [0.2, 0.25) is 0 Å². The molecule has 1 heterocycles. The topological polar surface area (TPSA) is 12.0 Å². The summed E-state index contributed by atoms with van der Waals surface area (Å²) in [6.07, 6.45) is 1.91. The molecule has 0 aliphatic carbocycles. The minimum absolute atomic E-state index is 0.896. The van der Waals surface area contributed by atoms with Gasteiger partial charge in [-0.2, -0.15) is 0 Å². The Kier molecular flexibility index (Phi) is 2.40. The van der Waals surface area contributed by atoms with Gasteiger partial charge in [-0.15, -0.1) is 0 Å². The van der Waals surface area contributed by atoms with E-state index in [1.165, 1.54) is 16.7 Å². The first kappa shape index (κ1) is 8.67. The van der Waals surface area contributed by atoms with Crippen molar-refractivity contribution in [2.75, 3.05) is 0 Å². The number of rotatable bonds is 0. The molecule has 0 aromatic heterocycles. The molecule has 0 aromatic rings. The third kappa shape index (κ3) is 1.60. The van der Waals surface area contributed by atoms with E-state index in [0.29, 0.717) is 0 Å². The molecule has 1 aliphatic heterocycles. The lowest BCUT2D eigenvalue weighted by Crippen LogP contribution is -2.07. The van der Waals surface area contributed by atoms with Gasteiger partial charge in [-0.25, -0.2) is 0 Å². The largest absolute Gasteiger partial charge is 0.315 e. The van der Waals surface area contributed by atoms with Crippen molar-refractivity contribution >= 4 is 0 Å². The maximum Gasteiger partial charge on any atom is 0.0419 e. The predicted molar refractivity (Wildman–Crippen MR) is 52.2 cm³/mol. The third-order valence-corrected chi connectivity index (χ3v) is 2.18. The molecule has 0 amide bonds. The van der Waals surface area contributed by atoms with Crippen molar-refractivity contribution in [3.8, 4) is 12.0 Å². The highest BCUT2D eigenvalue weighted by Crippen LogP contribution is 2.17. The second-order valence-electron chi connectivity index (χ2n) is 2.95. The molecule has 0 spiro atoms. The Hall–Kier alpha value is -1.42. The summed E-state index contributed by atoms with van der Waals surface area (Å²) in [5.41, 5.74) is 4.54. The first-order chi connectivity index (χ1) is 5.63. The first-order valence-electron chi connectivity index (χ1n) is 3.93. The molecule has 1 N–H and O–H groups in total. The summed E-state index contributed by atoms with van der Waals surface area (Å²) in [5, 5.41) is 2.93. The van der Waals surface area contributed by atoms with Crippen molar-refractivity contribution in [2.45, 2.75) is 20.8 Å². The van der Waals surface area contributed by atoms with E-state index in [9.17, 15) is 0 Å². The van der Waals surface area contributed by atoms with Crippen molar-refractivity contribution < 1.29 is 0 Å². The van der Waals surface area contributed by atoms with Gasteiger partial charge in [0.05, 0.1) is 0 Å². The lowest BCUT2D eigenvalue weighted by Gasteiger charge is -2.11. The summed E-state index contributed by atoms with van der Waals surface area (Å²) in [7, 11) is 0. The highest BCUT2D eigenvalue weighted by atomic mass is 14.8. The zero-order valence-electron chi connectivity index (χ0n) is 7.78. The van der Waals surface area contributed by atoms with E-state index in [4.69, 9.17) is 0 Å². The summed E-state index contributed by atoms with van der Waals surface area (Å²) in [5.74, 6) is 2.90. The average Bonchev–Trinajstić information content (AvgIpc) is 2.07. The van der Waals surface area contributed by atoms with Gasteiger partial charge in [-0.1, -0.05) is 12.5 Å². The Balaban J connectivity index is 3.18. The van der Waals surface area contributed by atoms with E-state index in [0.717, 1.165) is 5.70 Å². The van der Waals surface area contributed by atoms with Gasteiger partial charge in [0.1, 0.15) is 0 Å². The zero-order valence-corrected chi connectivity index (χ0v) is 7.78. The Morgan fingerprint density at radius 1 is 1.25 bits per heavy atom. The summed E-state index contributed by atoms with van der Waals surface area (Å²) in [4.78, 5) is 0. The molecule has 0 saturated carbocycles. The fourth-order valence-corrected chi connectivity index (χ4v) is 0.980. The van der Waals surface area contributed by atoms with Gasteiger partial charge in [0.15, 0.2) is 0 Å². The van der Waals surface area contributed by atoms with Gasteiger partial charge in [0, 0.05) is 11.7 Å². The van der Waals surface area contributed by atoms with Gasteiger partial charge < -0.3 is 5.32 Å². The van der Waals surface area contributed by atoms with E-state index in [1.54, 1.807) is 0 Å². The van der Waals surface area contributed by atoms with Gasteiger partial charge in [0.25, 0.3) is 0 Å². The third-order valence-electron chi connectivity index (χ3n) is 2.18. The fraction of sp³-hybridized carbons (Fsp3) is 0.273. The summed E-state index contributed by atoms with van der Waals surface area (Å²) in [6, 6.07) is 2.81. The normalized spacial score (nSPS) is 21.2. The van der Waals surface area contributed by atoms with Crippen LogP contribution in [0.4, 0.5) is 0 Å². The van der Waals surface area contributed by atoms with E-state index in [1.807, 2.05) is 6.08 Å². The minimum atomic E-state index is 0.896. The fourth-order valence-electron chi connectivity index (χ4n) is 0.980. The Morgan fingerprint density at radius 2 is 1.92 bits per heavy atom. The van der Waals surface area contributed by atoms with Crippen LogP contribution in [0.3, 0.4) is 0 Å². The van der Waals surface area contributed by atoms with Crippen molar-refractivity contribution in [1.82, 2.24) is 5.32 Å². The molecule has 62 valence electrons. The molecule has 0 bridgehead atoms. The van der Waals surface area contributed by atoms with Crippen LogP contribution in [-0.2, 0) is 0 Å². The number of nitrogens with one attached hydrogen (secondary N) is 1. The van der Waals surface area contributed by atoms with Crippen LogP contribution >= 0.6 is 0 Å².